The van der Waals surface area contributed by atoms with Crippen molar-refractivity contribution in [3.63, 3.8) is 0 Å². The standard InChI is InChI=1S/C23H26O7/c1-13(2)7-10-17(30-23(26)18-6-5-11-29-18)14-12-19(27-3)20-15(24)8-9-16(25)21(20)22(14)28-4/h7-9,12,17-18H,5-6,10-11H2,1-4H3/t17-,18?/m1/s1. The first-order chi connectivity index (χ1) is 14.4. The molecular weight excluding hydrogens is 388 g/mol. The first-order valence-corrected chi connectivity index (χ1v) is 9.88. The molecule has 160 valence electrons. The van der Waals surface area contributed by atoms with Crippen molar-refractivity contribution in [3.05, 3.63) is 46.6 Å². The molecule has 0 aromatic heterocycles. The third kappa shape index (κ3) is 4.31. The fourth-order valence-electron chi connectivity index (χ4n) is 3.64. The Hall–Kier alpha value is -2.93. The van der Waals surface area contributed by atoms with Gasteiger partial charge in [0.25, 0.3) is 0 Å². The van der Waals surface area contributed by atoms with E-state index >= 15 is 0 Å². The molecule has 7 nitrogen and oxygen atoms in total. The molecule has 7 heteroatoms. The van der Waals surface area contributed by atoms with Gasteiger partial charge in [0.15, 0.2) is 17.7 Å². The monoisotopic (exact) mass is 414 g/mol. The summed E-state index contributed by atoms with van der Waals surface area (Å²) >= 11 is 0. The Kier molecular flexibility index (Phi) is 6.72. The summed E-state index contributed by atoms with van der Waals surface area (Å²) in [7, 11) is 2.84. The zero-order valence-electron chi connectivity index (χ0n) is 17.7. The first kappa shape index (κ1) is 21.8. The van der Waals surface area contributed by atoms with Gasteiger partial charge >= 0.3 is 5.97 Å². The van der Waals surface area contributed by atoms with Gasteiger partial charge in [-0.3, -0.25) is 9.59 Å². The summed E-state index contributed by atoms with van der Waals surface area (Å²) < 4.78 is 22.2. The SMILES string of the molecule is COc1cc([C@@H](CC=C(C)C)OC(=O)C2CCCO2)c(OC)c2c1C(=O)C=CC2=O. The minimum atomic E-state index is -0.737. The lowest BCUT2D eigenvalue weighted by Gasteiger charge is -2.25. The normalized spacial score (nSPS) is 18.6. The Labute approximate surface area is 175 Å². The topological polar surface area (TPSA) is 88.1 Å². The van der Waals surface area contributed by atoms with Crippen molar-refractivity contribution < 1.29 is 33.3 Å². The number of hydrogen-bond acceptors (Lipinski definition) is 7. The molecule has 30 heavy (non-hydrogen) atoms. The van der Waals surface area contributed by atoms with E-state index in [1.54, 1.807) is 6.07 Å². The number of ether oxygens (including phenoxy) is 4. The highest BCUT2D eigenvalue weighted by Crippen LogP contribution is 2.42. The summed E-state index contributed by atoms with van der Waals surface area (Å²) in [5.41, 5.74) is 1.78. The zero-order valence-corrected chi connectivity index (χ0v) is 17.7. The second kappa shape index (κ2) is 9.26. The lowest BCUT2D eigenvalue weighted by atomic mass is 9.88. The van der Waals surface area contributed by atoms with Gasteiger partial charge in [-0.05, 0) is 44.9 Å². The lowest BCUT2D eigenvalue weighted by molar-refractivity contribution is -0.160. The van der Waals surface area contributed by atoms with Gasteiger partial charge in [-0.25, -0.2) is 4.79 Å². The molecule has 0 amide bonds. The molecule has 1 aromatic carbocycles. The minimum Gasteiger partial charge on any atom is -0.496 e. The summed E-state index contributed by atoms with van der Waals surface area (Å²) in [6, 6.07) is 1.61. The maximum atomic E-state index is 12.7. The summed E-state index contributed by atoms with van der Waals surface area (Å²) in [5.74, 6) is -0.725. The highest BCUT2D eigenvalue weighted by Gasteiger charge is 2.34. The lowest BCUT2D eigenvalue weighted by Crippen LogP contribution is -2.25. The average Bonchev–Trinajstić information content (AvgIpc) is 3.27. The van der Waals surface area contributed by atoms with E-state index in [0.29, 0.717) is 25.0 Å². The summed E-state index contributed by atoms with van der Waals surface area (Å²) in [5, 5.41) is 0. The van der Waals surface area contributed by atoms with Crippen molar-refractivity contribution in [2.45, 2.75) is 45.3 Å². The molecule has 0 spiro atoms. The highest BCUT2D eigenvalue weighted by atomic mass is 16.6. The second-order valence-electron chi connectivity index (χ2n) is 7.46. The van der Waals surface area contributed by atoms with Gasteiger partial charge < -0.3 is 18.9 Å². The first-order valence-electron chi connectivity index (χ1n) is 9.88. The van der Waals surface area contributed by atoms with Crippen molar-refractivity contribution in [1.29, 1.82) is 0 Å². The molecule has 2 atom stereocenters. The van der Waals surface area contributed by atoms with Crippen LogP contribution < -0.4 is 9.47 Å². The van der Waals surface area contributed by atoms with Crippen LogP contribution in [-0.4, -0.2) is 44.5 Å². The molecule has 0 saturated carbocycles. The van der Waals surface area contributed by atoms with Crippen LogP contribution in [0, 0.1) is 0 Å². The second-order valence-corrected chi connectivity index (χ2v) is 7.46. The Morgan fingerprint density at radius 1 is 1.17 bits per heavy atom. The fourth-order valence-corrected chi connectivity index (χ4v) is 3.64. The Morgan fingerprint density at radius 3 is 2.43 bits per heavy atom. The van der Waals surface area contributed by atoms with Crippen LogP contribution in [0.3, 0.4) is 0 Å². The smallest absolute Gasteiger partial charge is 0.335 e. The van der Waals surface area contributed by atoms with Gasteiger partial charge in [-0.15, -0.1) is 0 Å². The predicted molar refractivity (Wildman–Crippen MR) is 109 cm³/mol. The average molecular weight is 414 g/mol. The molecule has 1 aromatic rings. The van der Waals surface area contributed by atoms with Crippen LogP contribution in [0.5, 0.6) is 11.5 Å². The number of carbonyl (C=O) groups excluding carboxylic acids is 3. The molecule has 3 rings (SSSR count). The molecule has 1 saturated heterocycles. The van der Waals surface area contributed by atoms with E-state index in [1.807, 2.05) is 19.9 Å². The molecule has 2 aliphatic rings. The van der Waals surface area contributed by atoms with E-state index in [9.17, 15) is 14.4 Å². The number of benzene rings is 1. The van der Waals surface area contributed by atoms with Gasteiger partial charge in [-0.1, -0.05) is 11.6 Å². The van der Waals surface area contributed by atoms with Crippen LogP contribution in [0.25, 0.3) is 0 Å². The van der Waals surface area contributed by atoms with Gasteiger partial charge in [0.05, 0.1) is 25.3 Å². The zero-order chi connectivity index (χ0) is 21.8. The number of esters is 1. The van der Waals surface area contributed by atoms with Gasteiger partial charge in [0.2, 0.25) is 0 Å². The maximum absolute atomic E-state index is 12.7. The number of hydrogen-bond donors (Lipinski definition) is 0. The quantitative estimate of drug-likeness (QED) is 0.496. The molecule has 1 unspecified atom stereocenters. The van der Waals surface area contributed by atoms with Crippen molar-refractivity contribution >= 4 is 17.5 Å². The summed E-state index contributed by atoms with van der Waals surface area (Å²) in [6.45, 7) is 4.41. The van der Waals surface area contributed by atoms with Crippen molar-refractivity contribution in [2.75, 3.05) is 20.8 Å². The van der Waals surface area contributed by atoms with E-state index in [1.165, 1.54) is 26.4 Å². The van der Waals surface area contributed by atoms with Crippen molar-refractivity contribution in [3.8, 4) is 11.5 Å². The highest BCUT2D eigenvalue weighted by molar-refractivity contribution is 6.24. The Bertz CT molecular complexity index is 916. The number of ketones is 2. The number of rotatable bonds is 7. The number of carbonyl (C=O) groups is 3. The van der Waals surface area contributed by atoms with Crippen LogP contribution in [0.15, 0.2) is 29.9 Å². The fraction of sp³-hybridized carbons (Fsp3) is 0.435. The number of fused-ring (bicyclic) bond motifs is 1. The van der Waals surface area contributed by atoms with E-state index in [4.69, 9.17) is 18.9 Å². The van der Waals surface area contributed by atoms with Crippen LogP contribution >= 0.6 is 0 Å². The van der Waals surface area contributed by atoms with Crippen LogP contribution in [0.4, 0.5) is 0 Å². The predicted octanol–water partition coefficient (Wildman–Crippen LogP) is 3.76. The Balaban J connectivity index is 2.11. The van der Waals surface area contributed by atoms with E-state index in [-0.39, 0.29) is 34.2 Å². The molecule has 1 heterocycles. The van der Waals surface area contributed by atoms with Gasteiger partial charge in [-0.2, -0.15) is 0 Å². The maximum Gasteiger partial charge on any atom is 0.335 e. The van der Waals surface area contributed by atoms with Crippen LogP contribution in [0.1, 0.15) is 65.5 Å². The van der Waals surface area contributed by atoms with Crippen molar-refractivity contribution in [2.24, 2.45) is 0 Å². The van der Waals surface area contributed by atoms with Crippen LogP contribution in [0.2, 0.25) is 0 Å². The summed E-state index contributed by atoms with van der Waals surface area (Å²) in [6.07, 6.45) is 4.80. The molecule has 0 radical (unpaired) electrons. The number of methoxy groups -OCH3 is 2. The Morgan fingerprint density at radius 2 is 1.87 bits per heavy atom. The van der Waals surface area contributed by atoms with Gasteiger partial charge in [0, 0.05) is 18.6 Å². The van der Waals surface area contributed by atoms with E-state index in [2.05, 4.69) is 0 Å². The van der Waals surface area contributed by atoms with Gasteiger partial charge in [0.1, 0.15) is 17.6 Å². The number of allylic oxidation sites excluding steroid dienone is 3. The van der Waals surface area contributed by atoms with Crippen molar-refractivity contribution in [1.82, 2.24) is 0 Å². The van der Waals surface area contributed by atoms with Crippen LogP contribution in [-0.2, 0) is 14.3 Å². The molecule has 1 fully saturated rings. The molecule has 1 aliphatic carbocycles. The molecule has 1 aliphatic heterocycles. The molecule has 0 bridgehead atoms. The molecular formula is C23H26O7. The molecule has 0 N–H and O–H groups in total. The third-order valence-electron chi connectivity index (χ3n) is 5.11. The van der Waals surface area contributed by atoms with E-state index < -0.39 is 18.2 Å². The largest absolute Gasteiger partial charge is 0.496 e. The summed E-state index contributed by atoms with van der Waals surface area (Å²) in [4.78, 5) is 37.7. The van der Waals surface area contributed by atoms with E-state index in [0.717, 1.165) is 12.0 Å². The third-order valence-corrected chi connectivity index (χ3v) is 5.11. The minimum absolute atomic E-state index is 0.120.